The highest BCUT2D eigenvalue weighted by molar-refractivity contribution is 8.01. The van der Waals surface area contributed by atoms with Crippen molar-refractivity contribution in [3.63, 3.8) is 0 Å². The highest BCUT2D eigenvalue weighted by Crippen LogP contribution is 2.35. The molecule has 4 N–H and O–H groups in total. The molecule has 2 atom stereocenters. The first kappa shape index (κ1) is 35.7. The van der Waals surface area contributed by atoms with Crippen molar-refractivity contribution in [2.75, 3.05) is 44.4 Å². The maximum Gasteiger partial charge on any atom is 0.322 e. The minimum Gasteiger partial charge on any atom is -0.392 e. The van der Waals surface area contributed by atoms with Crippen LogP contribution in [0.3, 0.4) is 0 Å². The fraction of sp³-hybridized carbons (Fsp3) is 0.417. The van der Waals surface area contributed by atoms with Crippen LogP contribution in [-0.2, 0) is 27.4 Å². The topological polar surface area (TPSA) is 123 Å². The Morgan fingerprint density at radius 1 is 1.08 bits per heavy atom. The van der Waals surface area contributed by atoms with Crippen molar-refractivity contribution in [1.82, 2.24) is 20.4 Å². The van der Waals surface area contributed by atoms with Gasteiger partial charge in [-0.1, -0.05) is 60.3 Å². The van der Waals surface area contributed by atoms with Gasteiger partial charge >= 0.3 is 6.03 Å². The number of hydrogen-bond acceptors (Lipinski definition) is 8. The Morgan fingerprint density at radius 3 is 2.52 bits per heavy atom. The lowest BCUT2D eigenvalue weighted by Crippen LogP contribution is -2.50. The van der Waals surface area contributed by atoms with Crippen LogP contribution >= 0.6 is 23.5 Å². The van der Waals surface area contributed by atoms with E-state index in [2.05, 4.69) is 34.1 Å². The molecular formula is C36H45N5O5S2. The number of morpholine rings is 1. The monoisotopic (exact) mass is 691 g/mol. The number of aliphatic hydroxyl groups is 1. The second-order valence-electron chi connectivity index (χ2n) is 12.8. The van der Waals surface area contributed by atoms with Crippen LogP contribution in [0.5, 0.6) is 0 Å². The third-order valence-corrected chi connectivity index (χ3v) is 10.2. The number of β-amino-alcohol motifs (C(OH)–C–C–N with tert-alkyl or cyclic N) is 1. The van der Waals surface area contributed by atoms with E-state index in [4.69, 9.17) is 4.74 Å². The number of nitrogens with one attached hydrogen (secondary N) is 3. The number of fused-ring (bicyclic) bond motifs is 1. The Morgan fingerprint density at radius 2 is 1.81 bits per heavy atom. The van der Waals surface area contributed by atoms with Gasteiger partial charge in [0.05, 0.1) is 25.0 Å². The molecule has 5 rings (SSSR count). The van der Waals surface area contributed by atoms with E-state index in [1.54, 1.807) is 28.5 Å². The molecule has 2 aliphatic rings. The summed E-state index contributed by atoms with van der Waals surface area (Å²) < 4.78 is 5.38. The number of rotatable bonds is 11. The van der Waals surface area contributed by atoms with Gasteiger partial charge in [0.25, 0.3) is 5.91 Å². The molecule has 0 unspecified atom stereocenters. The van der Waals surface area contributed by atoms with E-state index in [1.807, 2.05) is 68.6 Å². The molecule has 4 amide bonds. The van der Waals surface area contributed by atoms with Gasteiger partial charge in [0.1, 0.15) is 0 Å². The molecule has 2 aliphatic heterocycles. The molecule has 3 aromatic carbocycles. The van der Waals surface area contributed by atoms with Crippen LogP contribution in [0.1, 0.15) is 38.3 Å². The molecule has 0 aromatic heterocycles. The smallest absolute Gasteiger partial charge is 0.322 e. The van der Waals surface area contributed by atoms with E-state index in [-0.39, 0.29) is 24.3 Å². The van der Waals surface area contributed by atoms with Gasteiger partial charge in [0, 0.05) is 60.0 Å². The molecule has 3 aromatic rings. The van der Waals surface area contributed by atoms with E-state index in [1.165, 1.54) is 11.8 Å². The maximum absolute atomic E-state index is 14.0. The number of thioether (sulfide) groups is 2. The van der Waals surface area contributed by atoms with Gasteiger partial charge in [-0.25, -0.2) is 4.79 Å². The predicted molar refractivity (Wildman–Crippen MR) is 192 cm³/mol. The highest BCUT2D eigenvalue weighted by atomic mass is 32.2. The van der Waals surface area contributed by atoms with Crippen LogP contribution < -0.4 is 16.0 Å². The number of aliphatic hydroxyl groups excluding tert-OH is 1. The fourth-order valence-electron chi connectivity index (χ4n) is 5.65. The summed E-state index contributed by atoms with van der Waals surface area (Å²) in [7, 11) is 0. The molecule has 48 heavy (non-hydrogen) atoms. The number of amides is 4. The van der Waals surface area contributed by atoms with Gasteiger partial charge in [0.15, 0.2) is 5.37 Å². The zero-order valence-corrected chi connectivity index (χ0v) is 29.6. The van der Waals surface area contributed by atoms with E-state index < -0.39 is 17.0 Å². The van der Waals surface area contributed by atoms with Crippen LogP contribution in [0.2, 0.25) is 0 Å². The van der Waals surface area contributed by atoms with Crippen LogP contribution in [0.4, 0.5) is 10.5 Å². The Balaban J connectivity index is 1.32. The van der Waals surface area contributed by atoms with Crippen LogP contribution in [0.25, 0.3) is 11.1 Å². The summed E-state index contributed by atoms with van der Waals surface area (Å²) in [4.78, 5) is 45.8. The van der Waals surface area contributed by atoms with Gasteiger partial charge in [-0.3, -0.25) is 9.59 Å². The number of anilines is 1. The van der Waals surface area contributed by atoms with Crippen molar-refractivity contribution in [3.8, 4) is 11.1 Å². The summed E-state index contributed by atoms with van der Waals surface area (Å²) in [5.41, 5.74) is 3.99. The van der Waals surface area contributed by atoms with E-state index in [9.17, 15) is 19.5 Å². The first-order chi connectivity index (χ1) is 23.0. The number of nitrogens with zero attached hydrogens (tertiary/aromatic N) is 2. The van der Waals surface area contributed by atoms with Gasteiger partial charge in [-0.15, -0.1) is 11.8 Å². The maximum atomic E-state index is 14.0. The number of hydrogen-bond donors (Lipinski definition) is 4. The minimum absolute atomic E-state index is 0.147. The zero-order valence-electron chi connectivity index (χ0n) is 28.0. The highest BCUT2D eigenvalue weighted by Gasteiger charge is 2.33. The quantitative estimate of drug-likeness (QED) is 0.204. The second-order valence-corrected chi connectivity index (χ2v) is 14.8. The number of carbonyl (C=O) groups excluding carboxylic acids is 3. The van der Waals surface area contributed by atoms with Gasteiger partial charge in [-0.2, -0.15) is 0 Å². The van der Waals surface area contributed by atoms with Crippen molar-refractivity contribution < 1.29 is 24.2 Å². The van der Waals surface area contributed by atoms with Gasteiger partial charge in [0.2, 0.25) is 5.91 Å². The van der Waals surface area contributed by atoms with Gasteiger partial charge < -0.3 is 35.6 Å². The number of benzene rings is 3. The third-order valence-electron chi connectivity index (χ3n) is 8.29. The normalized spacial score (nSPS) is 17.4. The third kappa shape index (κ3) is 9.54. The molecule has 2 heterocycles. The van der Waals surface area contributed by atoms with E-state index >= 15 is 0 Å². The Kier molecular flexibility index (Phi) is 12.1. The molecule has 256 valence electrons. The summed E-state index contributed by atoms with van der Waals surface area (Å²) in [5.74, 6) is -0.401. The number of ether oxygens (including phenoxy) is 1. The molecular weight excluding hydrogens is 647 g/mol. The SMILES string of the molecule is CSc1ccc2c(c1)S[C@@H](NC(=O)CC(C)(C)NC[C@@H](C)O)C(=O)N(Cc1ccc(-c3ccccc3NC(=O)N3CCOCC3)cc1)C2. The molecule has 1 saturated heterocycles. The van der Waals surface area contributed by atoms with Crippen LogP contribution in [0, 0.1) is 0 Å². The largest absolute Gasteiger partial charge is 0.392 e. The second kappa shape index (κ2) is 16.2. The Labute approximate surface area is 291 Å². The molecule has 0 radical (unpaired) electrons. The average Bonchev–Trinajstić information content (AvgIpc) is 3.19. The standard InChI is InChI=1S/C36H45N5O5S2/c1-24(42)21-37-36(2,3)20-32(43)39-33-34(44)41(23-27-13-14-28(47-4)19-31(27)48-33)22-25-9-11-26(12-10-25)29-7-5-6-8-30(29)38-35(45)40-15-17-46-18-16-40/h5-14,19,24,33,37,42H,15-18,20-23H2,1-4H3,(H,38,45)(H,39,43)/t24-,33-/m1/s1. The summed E-state index contributed by atoms with van der Waals surface area (Å²) in [6.07, 6.45) is 1.63. The lowest BCUT2D eigenvalue weighted by Gasteiger charge is -2.28. The lowest BCUT2D eigenvalue weighted by molar-refractivity contribution is -0.135. The molecule has 10 nitrogen and oxygen atoms in total. The van der Waals surface area contributed by atoms with Gasteiger partial charge in [-0.05, 0) is 61.9 Å². The Hall–Kier alpha value is -3.55. The molecule has 0 aliphatic carbocycles. The molecule has 12 heteroatoms. The summed E-state index contributed by atoms with van der Waals surface area (Å²) in [6, 6.07) is 21.8. The van der Waals surface area contributed by atoms with Crippen LogP contribution in [0.15, 0.2) is 76.5 Å². The Bertz CT molecular complexity index is 1590. The average molecular weight is 692 g/mol. The van der Waals surface area contributed by atoms with Crippen molar-refractivity contribution in [1.29, 1.82) is 0 Å². The predicted octanol–water partition coefficient (Wildman–Crippen LogP) is 5.16. The fourth-order valence-corrected chi connectivity index (χ4v) is 7.34. The van der Waals surface area contributed by atoms with E-state index in [0.717, 1.165) is 37.7 Å². The molecule has 0 spiro atoms. The van der Waals surface area contributed by atoms with Crippen LogP contribution in [-0.4, -0.2) is 88.9 Å². The summed E-state index contributed by atoms with van der Waals surface area (Å²) in [5, 5.41) is 18.2. The minimum atomic E-state index is -0.787. The molecule has 0 saturated carbocycles. The summed E-state index contributed by atoms with van der Waals surface area (Å²) in [6.45, 7) is 8.84. The van der Waals surface area contributed by atoms with Crippen molar-refractivity contribution in [2.45, 2.75) is 67.1 Å². The number of carbonyl (C=O) groups is 3. The number of para-hydroxylation sites is 1. The lowest BCUT2D eigenvalue weighted by atomic mass is 10.00. The summed E-state index contributed by atoms with van der Waals surface area (Å²) >= 11 is 3.01. The molecule has 1 fully saturated rings. The number of urea groups is 1. The first-order valence-electron chi connectivity index (χ1n) is 16.2. The molecule has 0 bridgehead atoms. The van der Waals surface area contributed by atoms with Crippen molar-refractivity contribution in [2.24, 2.45) is 0 Å². The van der Waals surface area contributed by atoms with E-state index in [0.29, 0.717) is 45.9 Å². The van der Waals surface area contributed by atoms with Crippen molar-refractivity contribution >= 4 is 47.1 Å². The first-order valence-corrected chi connectivity index (χ1v) is 18.3. The van der Waals surface area contributed by atoms with Crippen molar-refractivity contribution in [3.05, 3.63) is 77.9 Å². The zero-order chi connectivity index (χ0) is 34.3.